The molecule has 1 N–H and O–H groups in total. The van der Waals surface area contributed by atoms with Crippen molar-refractivity contribution in [3.05, 3.63) is 40.1 Å². The van der Waals surface area contributed by atoms with E-state index in [0.717, 1.165) is 42.2 Å². The summed E-state index contributed by atoms with van der Waals surface area (Å²) in [6.07, 6.45) is 9.76. The summed E-state index contributed by atoms with van der Waals surface area (Å²) in [4.78, 5) is 7.87. The second kappa shape index (κ2) is 4.80. The lowest BCUT2D eigenvalue weighted by atomic mass is 9.78. The summed E-state index contributed by atoms with van der Waals surface area (Å²) in [5.41, 5.74) is 0.143. The minimum Gasteiger partial charge on any atom is -0.376 e. The van der Waals surface area contributed by atoms with Crippen molar-refractivity contribution in [2.24, 2.45) is 5.92 Å². The summed E-state index contributed by atoms with van der Waals surface area (Å²) in [6, 6.07) is 2.09. The molecule has 0 spiro atoms. The van der Waals surface area contributed by atoms with E-state index in [1.807, 2.05) is 17.0 Å². The smallest absolute Gasteiger partial charge is 0.160 e. The summed E-state index contributed by atoms with van der Waals surface area (Å²) < 4.78 is 1.96. The second-order valence-corrected chi connectivity index (χ2v) is 6.94. The number of aliphatic hydroxyl groups is 1. The highest BCUT2D eigenvalue weighted by Crippen LogP contribution is 2.46. The molecule has 2 aromatic rings. The molecule has 4 nitrogen and oxygen atoms in total. The van der Waals surface area contributed by atoms with Gasteiger partial charge in [0, 0.05) is 24.5 Å². The van der Waals surface area contributed by atoms with Crippen molar-refractivity contribution < 1.29 is 5.11 Å². The van der Waals surface area contributed by atoms with Gasteiger partial charge in [0.2, 0.25) is 0 Å². The zero-order valence-electron chi connectivity index (χ0n) is 12.1. The molecule has 4 heterocycles. The molecule has 0 saturated carbocycles. The quantitative estimate of drug-likeness (QED) is 0.880. The van der Waals surface area contributed by atoms with Crippen molar-refractivity contribution in [2.45, 2.75) is 18.4 Å². The number of piperidine rings is 1. The molecule has 5 heteroatoms. The van der Waals surface area contributed by atoms with E-state index in [1.165, 1.54) is 0 Å². The van der Waals surface area contributed by atoms with Crippen LogP contribution in [0.3, 0.4) is 0 Å². The molecule has 0 radical (unpaired) electrons. The van der Waals surface area contributed by atoms with Crippen molar-refractivity contribution in [1.29, 1.82) is 0 Å². The minimum atomic E-state index is -0.974. The summed E-state index contributed by atoms with van der Waals surface area (Å²) in [6.45, 7) is 2.06. The Morgan fingerprint density at radius 1 is 1.38 bits per heavy atom. The number of hydrogen-bond donors (Lipinski definition) is 1. The summed E-state index contributed by atoms with van der Waals surface area (Å²) in [5.74, 6) is 0.974. The van der Waals surface area contributed by atoms with E-state index in [0.29, 0.717) is 0 Å². The molecule has 1 saturated heterocycles. The Bertz CT molecular complexity index is 635. The average molecular weight is 301 g/mol. The Balaban J connectivity index is 1.86. The van der Waals surface area contributed by atoms with Gasteiger partial charge in [-0.3, -0.25) is 0 Å². The van der Waals surface area contributed by atoms with Crippen molar-refractivity contribution in [3.8, 4) is 0 Å². The van der Waals surface area contributed by atoms with Crippen molar-refractivity contribution in [3.63, 3.8) is 0 Å². The van der Waals surface area contributed by atoms with E-state index in [9.17, 15) is 5.11 Å². The third-order valence-electron chi connectivity index (χ3n) is 4.78. The van der Waals surface area contributed by atoms with Gasteiger partial charge >= 0.3 is 0 Å². The van der Waals surface area contributed by atoms with E-state index < -0.39 is 5.60 Å². The summed E-state index contributed by atoms with van der Waals surface area (Å²) >= 11 is 1.64. The highest BCUT2D eigenvalue weighted by Gasteiger charge is 2.46. The van der Waals surface area contributed by atoms with Gasteiger partial charge in [0.15, 0.2) is 11.4 Å². The van der Waals surface area contributed by atoms with Gasteiger partial charge in [-0.25, -0.2) is 4.98 Å². The average Bonchev–Trinajstić information content (AvgIpc) is 3.13. The molecule has 0 aliphatic carbocycles. The summed E-state index contributed by atoms with van der Waals surface area (Å²) in [5, 5.41) is 13.8. The maximum Gasteiger partial charge on any atom is 0.160 e. The molecule has 0 bridgehead atoms. The maximum absolute atomic E-state index is 11.7. The molecule has 0 amide bonds. The van der Waals surface area contributed by atoms with Gasteiger partial charge in [-0.05, 0) is 56.1 Å². The van der Waals surface area contributed by atoms with Gasteiger partial charge < -0.3 is 14.6 Å². The van der Waals surface area contributed by atoms with Crippen LogP contribution in [0.1, 0.15) is 29.1 Å². The predicted molar refractivity (Wildman–Crippen MR) is 85.0 cm³/mol. The van der Waals surface area contributed by atoms with Gasteiger partial charge in [0.1, 0.15) is 0 Å². The van der Waals surface area contributed by atoms with Gasteiger partial charge in [-0.2, -0.15) is 0 Å². The first-order valence-corrected chi connectivity index (χ1v) is 8.28. The fraction of sp³-hybridized carbons (Fsp3) is 0.438. The van der Waals surface area contributed by atoms with Crippen molar-refractivity contribution in [1.82, 2.24) is 14.5 Å². The first-order chi connectivity index (χ1) is 10.2. The Morgan fingerprint density at radius 2 is 2.19 bits per heavy atom. The number of nitrogens with zero attached hydrogens (tertiary/aromatic N) is 3. The SMILES string of the molecule is CN1CCC(C2(O)c3sccc3C=Cn3ccnc32)CC1. The molecule has 1 unspecified atom stereocenters. The monoisotopic (exact) mass is 301 g/mol. The lowest BCUT2D eigenvalue weighted by Gasteiger charge is -2.39. The molecule has 1 fully saturated rings. The van der Waals surface area contributed by atoms with Crippen molar-refractivity contribution in [2.75, 3.05) is 20.1 Å². The molecular formula is C16H19N3OS. The second-order valence-electron chi connectivity index (χ2n) is 6.02. The van der Waals surface area contributed by atoms with E-state index >= 15 is 0 Å². The molecule has 21 heavy (non-hydrogen) atoms. The normalized spacial score (nSPS) is 26.4. The molecule has 2 aromatic heterocycles. The first-order valence-electron chi connectivity index (χ1n) is 7.40. The van der Waals surface area contributed by atoms with Crippen LogP contribution in [0.5, 0.6) is 0 Å². The standard InChI is InChI=1S/C16H19N3OS/c1-18-7-3-13(4-8-18)16(20)14-12(5-11-21-14)2-9-19-10-6-17-15(16)19/h2,5-6,9-11,13,20H,3-4,7-8H2,1H3. The van der Waals surface area contributed by atoms with Crippen LogP contribution in [-0.2, 0) is 5.60 Å². The number of hydrogen-bond acceptors (Lipinski definition) is 4. The van der Waals surface area contributed by atoms with Crippen LogP contribution in [0, 0.1) is 5.92 Å². The van der Waals surface area contributed by atoms with Gasteiger partial charge in [-0.15, -0.1) is 11.3 Å². The maximum atomic E-state index is 11.7. The van der Waals surface area contributed by atoms with Crippen LogP contribution in [0.2, 0.25) is 0 Å². The third-order valence-corrected chi connectivity index (χ3v) is 5.83. The van der Waals surface area contributed by atoms with E-state index in [2.05, 4.69) is 34.5 Å². The summed E-state index contributed by atoms with van der Waals surface area (Å²) in [7, 11) is 2.15. The van der Waals surface area contributed by atoms with Crippen LogP contribution >= 0.6 is 11.3 Å². The van der Waals surface area contributed by atoms with E-state index in [-0.39, 0.29) is 5.92 Å². The molecule has 110 valence electrons. The number of fused-ring (bicyclic) bond motifs is 2. The molecule has 2 aliphatic rings. The fourth-order valence-electron chi connectivity index (χ4n) is 3.55. The number of thiophene rings is 1. The fourth-order valence-corrected chi connectivity index (χ4v) is 4.61. The lowest BCUT2D eigenvalue weighted by Crippen LogP contribution is -2.44. The van der Waals surface area contributed by atoms with Gasteiger partial charge in [-0.1, -0.05) is 0 Å². The molecule has 1 atom stereocenters. The Hall–Kier alpha value is -1.43. The van der Waals surface area contributed by atoms with Gasteiger partial charge in [0.05, 0.1) is 4.88 Å². The van der Waals surface area contributed by atoms with Crippen LogP contribution in [0.15, 0.2) is 23.8 Å². The van der Waals surface area contributed by atoms with Crippen molar-refractivity contribution >= 4 is 23.6 Å². The van der Waals surface area contributed by atoms with E-state index in [1.54, 1.807) is 17.5 Å². The number of aromatic nitrogens is 2. The minimum absolute atomic E-state index is 0.215. The molecular weight excluding hydrogens is 282 g/mol. The number of likely N-dealkylation sites (tertiary alicyclic amines) is 1. The van der Waals surface area contributed by atoms with Crippen LogP contribution in [-0.4, -0.2) is 39.7 Å². The zero-order valence-corrected chi connectivity index (χ0v) is 12.9. The highest BCUT2D eigenvalue weighted by atomic mass is 32.1. The topological polar surface area (TPSA) is 41.3 Å². The predicted octanol–water partition coefficient (Wildman–Crippen LogP) is 2.46. The lowest BCUT2D eigenvalue weighted by molar-refractivity contribution is -0.0156. The van der Waals surface area contributed by atoms with E-state index in [4.69, 9.17) is 0 Å². The first kappa shape index (κ1) is 13.2. The largest absolute Gasteiger partial charge is 0.376 e. The Kier molecular flexibility index (Phi) is 3.03. The Labute approximate surface area is 128 Å². The zero-order chi connectivity index (χ0) is 14.4. The molecule has 0 aromatic carbocycles. The van der Waals surface area contributed by atoms with Gasteiger partial charge in [0.25, 0.3) is 0 Å². The van der Waals surface area contributed by atoms with Crippen LogP contribution < -0.4 is 0 Å². The molecule has 4 rings (SSSR count). The third kappa shape index (κ3) is 1.92. The van der Waals surface area contributed by atoms with Crippen LogP contribution in [0.25, 0.3) is 12.3 Å². The van der Waals surface area contributed by atoms with Crippen LogP contribution in [0.4, 0.5) is 0 Å². The molecule has 2 aliphatic heterocycles. The number of rotatable bonds is 1. The highest BCUT2D eigenvalue weighted by molar-refractivity contribution is 7.10. The Morgan fingerprint density at radius 3 is 3.00 bits per heavy atom. The number of imidazole rings is 1.